The standard InChI is InChI=1S/C18H22FN/c1-17(2,3)18(4,20)14-11-9-13(10-12-14)15-7-5-6-8-16(15)19/h5-12H,20H2,1-4H3/t18-/m0/s1. The van der Waals surface area contributed by atoms with E-state index >= 15 is 0 Å². The summed E-state index contributed by atoms with van der Waals surface area (Å²) in [6.07, 6.45) is 0. The van der Waals surface area contributed by atoms with E-state index in [1.54, 1.807) is 12.1 Å². The fourth-order valence-electron chi connectivity index (χ4n) is 2.12. The monoisotopic (exact) mass is 271 g/mol. The van der Waals surface area contributed by atoms with Crippen molar-refractivity contribution in [3.8, 4) is 11.1 Å². The average Bonchev–Trinajstić information content (AvgIpc) is 2.38. The zero-order chi connectivity index (χ0) is 15.0. The molecule has 0 aromatic heterocycles. The third kappa shape index (κ3) is 2.61. The van der Waals surface area contributed by atoms with Crippen LogP contribution in [0, 0.1) is 11.2 Å². The number of nitrogens with two attached hydrogens (primary N) is 1. The molecule has 0 saturated carbocycles. The lowest BCUT2D eigenvalue weighted by Gasteiger charge is -2.39. The third-order valence-corrected chi connectivity index (χ3v) is 4.23. The molecule has 2 aromatic rings. The SMILES string of the molecule is CC(C)(C)[C@@](C)(N)c1ccc(-c2ccccc2F)cc1. The van der Waals surface area contributed by atoms with Gasteiger partial charge in [0.05, 0.1) is 0 Å². The molecular formula is C18H22FN. The number of hydrogen-bond acceptors (Lipinski definition) is 1. The van der Waals surface area contributed by atoms with E-state index in [0.29, 0.717) is 5.56 Å². The normalized spacial score (nSPS) is 14.9. The Bertz CT molecular complexity index is 592. The van der Waals surface area contributed by atoms with Crippen LogP contribution in [-0.4, -0.2) is 0 Å². The Kier molecular flexibility index (Phi) is 3.70. The maximum atomic E-state index is 13.8. The van der Waals surface area contributed by atoms with Crippen molar-refractivity contribution in [3.63, 3.8) is 0 Å². The van der Waals surface area contributed by atoms with Gasteiger partial charge in [0.15, 0.2) is 0 Å². The molecule has 2 aromatic carbocycles. The molecule has 106 valence electrons. The first-order valence-corrected chi connectivity index (χ1v) is 6.88. The van der Waals surface area contributed by atoms with Gasteiger partial charge in [-0.05, 0) is 29.5 Å². The van der Waals surface area contributed by atoms with Gasteiger partial charge in [-0.1, -0.05) is 63.2 Å². The van der Waals surface area contributed by atoms with Gasteiger partial charge in [0, 0.05) is 11.1 Å². The first-order chi connectivity index (χ1) is 9.23. The Morgan fingerprint density at radius 1 is 0.850 bits per heavy atom. The molecule has 0 aliphatic heterocycles. The molecular weight excluding hydrogens is 249 g/mol. The minimum absolute atomic E-state index is 0.0491. The highest BCUT2D eigenvalue weighted by atomic mass is 19.1. The van der Waals surface area contributed by atoms with Gasteiger partial charge >= 0.3 is 0 Å². The Morgan fingerprint density at radius 2 is 1.40 bits per heavy atom. The minimum Gasteiger partial charge on any atom is -0.321 e. The van der Waals surface area contributed by atoms with Crippen LogP contribution in [0.5, 0.6) is 0 Å². The molecule has 1 nitrogen and oxygen atoms in total. The zero-order valence-electron chi connectivity index (χ0n) is 12.6. The maximum Gasteiger partial charge on any atom is 0.131 e. The van der Waals surface area contributed by atoms with Crippen molar-refractivity contribution < 1.29 is 4.39 Å². The molecule has 0 unspecified atom stereocenters. The predicted octanol–water partition coefficient (Wildman–Crippen LogP) is 4.71. The van der Waals surface area contributed by atoms with Crippen molar-refractivity contribution >= 4 is 0 Å². The van der Waals surface area contributed by atoms with E-state index in [1.165, 1.54) is 6.07 Å². The van der Waals surface area contributed by atoms with Gasteiger partial charge in [0.2, 0.25) is 0 Å². The van der Waals surface area contributed by atoms with E-state index in [2.05, 4.69) is 20.8 Å². The van der Waals surface area contributed by atoms with Crippen LogP contribution in [0.3, 0.4) is 0 Å². The zero-order valence-corrected chi connectivity index (χ0v) is 12.6. The quantitative estimate of drug-likeness (QED) is 0.840. The van der Waals surface area contributed by atoms with E-state index in [1.807, 2.05) is 37.3 Å². The average molecular weight is 271 g/mol. The van der Waals surface area contributed by atoms with Crippen molar-refractivity contribution in [2.24, 2.45) is 11.1 Å². The number of hydrogen-bond donors (Lipinski definition) is 1. The summed E-state index contributed by atoms with van der Waals surface area (Å²) in [5, 5.41) is 0. The summed E-state index contributed by atoms with van der Waals surface area (Å²) < 4.78 is 13.8. The molecule has 2 heteroatoms. The molecule has 0 fully saturated rings. The number of halogens is 1. The third-order valence-electron chi connectivity index (χ3n) is 4.23. The lowest BCUT2D eigenvalue weighted by Crippen LogP contribution is -2.45. The molecule has 0 heterocycles. The van der Waals surface area contributed by atoms with Gasteiger partial charge < -0.3 is 5.73 Å². The fraction of sp³-hybridized carbons (Fsp3) is 0.333. The molecule has 1 atom stereocenters. The molecule has 0 amide bonds. The molecule has 0 aliphatic carbocycles. The summed E-state index contributed by atoms with van der Waals surface area (Å²) >= 11 is 0. The van der Waals surface area contributed by atoms with Gasteiger partial charge in [-0.2, -0.15) is 0 Å². The predicted molar refractivity (Wildman–Crippen MR) is 82.8 cm³/mol. The van der Waals surface area contributed by atoms with E-state index in [9.17, 15) is 4.39 Å². The van der Waals surface area contributed by atoms with Crippen molar-refractivity contribution in [1.82, 2.24) is 0 Å². The van der Waals surface area contributed by atoms with Crippen LogP contribution in [0.2, 0.25) is 0 Å². The fourth-order valence-corrected chi connectivity index (χ4v) is 2.12. The van der Waals surface area contributed by atoms with Crippen molar-refractivity contribution in [3.05, 3.63) is 59.9 Å². The van der Waals surface area contributed by atoms with E-state index < -0.39 is 5.54 Å². The van der Waals surface area contributed by atoms with Gasteiger partial charge in [-0.3, -0.25) is 0 Å². The highest BCUT2D eigenvalue weighted by Gasteiger charge is 2.34. The number of rotatable bonds is 2. The lowest BCUT2D eigenvalue weighted by atomic mass is 9.71. The van der Waals surface area contributed by atoms with E-state index in [0.717, 1.165) is 11.1 Å². The molecule has 0 spiro atoms. The lowest BCUT2D eigenvalue weighted by molar-refractivity contribution is 0.210. The molecule has 2 N–H and O–H groups in total. The molecule has 0 saturated heterocycles. The highest BCUT2D eigenvalue weighted by molar-refractivity contribution is 5.64. The Labute approximate surface area is 120 Å². The molecule has 2 rings (SSSR count). The van der Waals surface area contributed by atoms with Gasteiger partial charge in [0.25, 0.3) is 0 Å². The first-order valence-electron chi connectivity index (χ1n) is 6.88. The molecule has 0 bridgehead atoms. The second kappa shape index (κ2) is 5.02. The summed E-state index contributed by atoms with van der Waals surface area (Å²) in [4.78, 5) is 0. The van der Waals surface area contributed by atoms with Crippen molar-refractivity contribution in [2.45, 2.75) is 33.2 Å². The van der Waals surface area contributed by atoms with Crippen molar-refractivity contribution in [2.75, 3.05) is 0 Å². The Morgan fingerprint density at radius 3 is 1.90 bits per heavy atom. The molecule has 20 heavy (non-hydrogen) atoms. The van der Waals surface area contributed by atoms with Crippen LogP contribution in [0.15, 0.2) is 48.5 Å². The highest BCUT2D eigenvalue weighted by Crippen LogP contribution is 2.37. The second-order valence-corrected chi connectivity index (χ2v) is 6.51. The maximum absolute atomic E-state index is 13.8. The smallest absolute Gasteiger partial charge is 0.131 e. The Hall–Kier alpha value is -1.67. The van der Waals surface area contributed by atoms with Crippen LogP contribution in [0.1, 0.15) is 33.3 Å². The topological polar surface area (TPSA) is 26.0 Å². The number of benzene rings is 2. The van der Waals surface area contributed by atoms with Crippen LogP contribution < -0.4 is 5.73 Å². The minimum atomic E-state index is -0.430. The first kappa shape index (κ1) is 14.7. The van der Waals surface area contributed by atoms with Crippen molar-refractivity contribution in [1.29, 1.82) is 0 Å². The largest absolute Gasteiger partial charge is 0.321 e. The van der Waals surface area contributed by atoms with Crippen LogP contribution >= 0.6 is 0 Å². The van der Waals surface area contributed by atoms with Gasteiger partial charge in [-0.15, -0.1) is 0 Å². The summed E-state index contributed by atoms with van der Waals surface area (Å²) in [6.45, 7) is 8.40. The summed E-state index contributed by atoms with van der Waals surface area (Å²) in [6, 6.07) is 14.7. The second-order valence-electron chi connectivity index (χ2n) is 6.51. The molecule has 0 aliphatic rings. The van der Waals surface area contributed by atoms with Gasteiger partial charge in [-0.25, -0.2) is 4.39 Å². The molecule has 0 radical (unpaired) electrons. The summed E-state index contributed by atoms with van der Waals surface area (Å²) in [5.74, 6) is -0.202. The summed E-state index contributed by atoms with van der Waals surface area (Å²) in [7, 11) is 0. The summed E-state index contributed by atoms with van der Waals surface area (Å²) in [5.41, 5.74) is 8.53. The van der Waals surface area contributed by atoms with Crippen LogP contribution in [0.4, 0.5) is 4.39 Å². The van der Waals surface area contributed by atoms with E-state index in [4.69, 9.17) is 5.73 Å². The van der Waals surface area contributed by atoms with Gasteiger partial charge in [0.1, 0.15) is 5.82 Å². The van der Waals surface area contributed by atoms with E-state index in [-0.39, 0.29) is 11.2 Å². The van der Waals surface area contributed by atoms with Crippen LogP contribution in [0.25, 0.3) is 11.1 Å². The Balaban J connectivity index is 2.39. The van der Waals surface area contributed by atoms with Crippen LogP contribution in [-0.2, 0) is 5.54 Å².